The van der Waals surface area contributed by atoms with Crippen LogP contribution in [-0.2, 0) is 18.3 Å². The Labute approximate surface area is 221 Å². The van der Waals surface area contributed by atoms with E-state index in [4.69, 9.17) is 9.47 Å². The Morgan fingerprint density at radius 3 is 2.77 bits per heavy atom. The fourth-order valence-electron chi connectivity index (χ4n) is 5.26. The molecule has 1 aliphatic heterocycles. The molecule has 0 saturated carbocycles. The average molecular weight is 526 g/mol. The molecule has 6 aromatic rings. The predicted octanol–water partition coefficient (Wildman–Crippen LogP) is 4.71. The van der Waals surface area contributed by atoms with E-state index in [2.05, 4.69) is 20.2 Å². The Morgan fingerprint density at radius 1 is 1.05 bits per heavy atom. The molecule has 10 nitrogen and oxygen atoms in total. The second-order valence-electron chi connectivity index (χ2n) is 9.63. The lowest BCUT2D eigenvalue weighted by atomic mass is 10.2. The van der Waals surface area contributed by atoms with Crippen molar-refractivity contribution in [3.63, 3.8) is 0 Å². The van der Waals surface area contributed by atoms with Crippen molar-refractivity contribution < 1.29 is 13.9 Å². The van der Waals surface area contributed by atoms with E-state index in [0.717, 1.165) is 30.2 Å². The summed E-state index contributed by atoms with van der Waals surface area (Å²) < 4.78 is 31.2. The van der Waals surface area contributed by atoms with Crippen LogP contribution in [0, 0.1) is 5.82 Å². The van der Waals surface area contributed by atoms with Gasteiger partial charge in [-0.25, -0.2) is 23.7 Å². The first-order valence-electron chi connectivity index (χ1n) is 12.8. The van der Waals surface area contributed by atoms with Gasteiger partial charge in [-0.1, -0.05) is 18.2 Å². The van der Waals surface area contributed by atoms with E-state index in [1.807, 2.05) is 29.8 Å². The fourth-order valence-corrected chi connectivity index (χ4v) is 5.26. The van der Waals surface area contributed by atoms with Gasteiger partial charge < -0.3 is 14.0 Å². The van der Waals surface area contributed by atoms with Gasteiger partial charge >= 0.3 is 0 Å². The topological polar surface area (TPSA) is 102 Å². The molecule has 4 aromatic heterocycles. The first-order valence-corrected chi connectivity index (χ1v) is 12.8. The molecule has 7 rings (SSSR count). The van der Waals surface area contributed by atoms with Gasteiger partial charge in [-0.3, -0.25) is 4.79 Å². The standard InChI is InChI=1S/C28H24FN7O3/c1-34-23-12-18(39-27-21-14-33-36(26(21)30-16-31-27)24-8-4-5-11-38-24)9-10-19(23)20-13-32-35(28(37)25(20)34)15-17-6-2-3-7-22(17)29/h2-3,6-7,9-10,12-14,16,24H,4-5,8,11,15H2,1H3. The number of fused-ring (bicyclic) bond motifs is 4. The third-order valence-electron chi connectivity index (χ3n) is 7.25. The molecule has 0 radical (unpaired) electrons. The van der Waals surface area contributed by atoms with Crippen LogP contribution in [0.2, 0.25) is 0 Å². The molecule has 1 unspecified atom stereocenters. The van der Waals surface area contributed by atoms with E-state index in [1.165, 1.54) is 17.1 Å². The molecule has 0 amide bonds. The van der Waals surface area contributed by atoms with Crippen molar-refractivity contribution in [2.24, 2.45) is 7.05 Å². The normalized spacial score (nSPS) is 15.9. The summed E-state index contributed by atoms with van der Waals surface area (Å²) in [5.74, 6) is 0.560. The van der Waals surface area contributed by atoms with Crippen LogP contribution in [0.5, 0.6) is 11.6 Å². The van der Waals surface area contributed by atoms with Crippen LogP contribution in [0.15, 0.2) is 66.0 Å². The van der Waals surface area contributed by atoms with Crippen LogP contribution in [0.4, 0.5) is 4.39 Å². The number of rotatable bonds is 5. The molecule has 0 spiro atoms. The van der Waals surface area contributed by atoms with Crippen LogP contribution in [0.1, 0.15) is 31.1 Å². The van der Waals surface area contributed by atoms with Gasteiger partial charge in [-0.05, 0) is 37.5 Å². The van der Waals surface area contributed by atoms with E-state index >= 15 is 0 Å². The molecule has 0 aliphatic carbocycles. The van der Waals surface area contributed by atoms with Crippen LogP contribution in [-0.4, -0.2) is 40.7 Å². The first kappa shape index (κ1) is 23.5. The number of hydrogen-bond donors (Lipinski definition) is 0. The van der Waals surface area contributed by atoms with Gasteiger partial charge in [0.15, 0.2) is 11.9 Å². The Morgan fingerprint density at radius 2 is 1.92 bits per heavy atom. The highest BCUT2D eigenvalue weighted by Crippen LogP contribution is 2.33. The quantitative estimate of drug-likeness (QED) is 0.321. The van der Waals surface area contributed by atoms with Crippen LogP contribution in [0.25, 0.3) is 32.8 Å². The van der Waals surface area contributed by atoms with Gasteiger partial charge in [0.25, 0.3) is 5.56 Å². The van der Waals surface area contributed by atoms with Gasteiger partial charge in [0.05, 0.1) is 24.5 Å². The number of aromatic nitrogens is 7. The van der Waals surface area contributed by atoms with Crippen molar-refractivity contribution in [3.8, 4) is 11.6 Å². The predicted molar refractivity (Wildman–Crippen MR) is 142 cm³/mol. The van der Waals surface area contributed by atoms with Gasteiger partial charge in [0, 0.05) is 36.1 Å². The SMILES string of the molecule is Cn1c2cc(Oc3ncnc4c3cnn4C3CCCCO3)ccc2c2cnn(Cc3ccccc3F)c(=O)c21. The minimum atomic E-state index is -0.374. The highest BCUT2D eigenvalue weighted by atomic mass is 19.1. The van der Waals surface area contributed by atoms with Crippen LogP contribution >= 0.6 is 0 Å². The molecule has 1 atom stereocenters. The molecular weight excluding hydrogens is 501 g/mol. The summed E-state index contributed by atoms with van der Waals surface area (Å²) in [5.41, 5.74) is 2.02. The summed E-state index contributed by atoms with van der Waals surface area (Å²) >= 11 is 0. The zero-order valence-corrected chi connectivity index (χ0v) is 21.1. The number of hydrogen-bond acceptors (Lipinski definition) is 7. The third-order valence-corrected chi connectivity index (χ3v) is 7.25. The lowest BCUT2D eigenvalue weighted by molar-refractivity contribution is -0.0370. The Hall–Kier alpha value is -4.64. The maximum atomic E-state index is 14.2. The van der Waals surface area contributed by atoms with E-state index in [-0.39, 0.29) is 24.1 Å². The summed E-state index contributed by atoms with van der Waals surface area (Å²) in [4.78, 5) is 22.2. The number of halogens is 1. The first-order chi connectivity index (χ1) is 19.1. The van der Waals surface area contributed by atoms with Crippen LogP contribution in [0.3, 0.4) is 0 Å². The number of aryl methyl sites for hydroxylation is 1. The maximum Gasteiger partial charge on any atom is 0.291 e. The summed E-state index contributed by atoms with van der Waals surface area (Å²) in [6.07, 6.45) is 7.66. The van der Waals surface area contributed by atoms with Crippen molar-refractivity contribution in [1.82, 2.24) is 34.1 Å². The second-order valence-corrected chi connectivity index (χ2v) is 9.63. The fraction of sp³-hybridized carbons (Fsp3) is 0.250. The van der Waals surface area contributed by atoms with Gasteiger partial charge in [0.1, 0.15) is 28.8 Å². The Kier molecular flexibility index (Phi) is 5.58. The van der Waals surface area contributed by atoms with Gasteiger partial charge in [0.2, 0.25) is 5.88 Å². The molecule has 2 aromatic carbocycles. The number of benzene rings is 2. The second kappa shape index (κ2) is 9.28. The minimum absolute atomic E-state index is 0.0423. The molecule has 0 N–H and O–H groups in total. The zero-order chi connectivity index (χ0) is 26.5. The van der Waals surface area contributed by atoms with Crippen molar-refractivity contribution in [3.05, 3.63) is 82.9 Å². The van der Waals surface area contributed by atoms with Crippen molar-refractivity contribution in [2.75, 3.05) is 6.61 Å². The molecule has 0 bridgehead atoms. The minimum Gasteiger partial charge on any atom is -0.438 e. The summed E-state index contributed by atoms with van der Waals surface area (Å²) in [5, 5.41) is 11.1. The summed E-state index contributed by atoms with van der Waals surface area (Å²) in [7, 11) is 1.82. The monoisotopic (exact) mass is 525 g/mol. The van der Waals surface area contributed by atoms with Crippen LogP contribution < -0.4 is 10.3 Å². The largest absolute Gasteiger partial charge is 0.438 e. The summed E-state index contributed by atoms with van der Waals surface area (Å²) in [6, 6.07) is 12.0. The Bertz CT molecular complexity index is 1920. The smallest absolute Gasteiger partial charge is 0.291 e. The van der Waals surface area contributed by atoms with Crippen molar-refractivity contribution >= 4 is 32.8 Å². The number of ether oxygens (including phenoxy) is 2. The molecule has 1 saturated heterocycles. The molecule has 11 heteroatoms. The van der Waals surface area contributed by atoms with Crippen molar-refractivity contribution in [1.29, 1.82) is 0 Å². The van der Waals surface area contributed by atoms with E-state index < -0.39 is 0 Å². The third kappa shape index (κ3) is 3.93. The Balaban J connectivity index is 1.25. The highest BCUT2D eigenvalue weighted by molar-refractivity contribution is 6.07. The van der Waals surface area contributed by atoms with Gasteiger partial charge in [-0.2, -0.15) is 10.2 Å². The van der Waals surface area contributed by atoms with E-state index in [1.54, 1.807) is 35.3 Å². The van der Waals surface area contributed by atoms with Gasteiger partial charge in [-0.15, -0.1) is 0 Å². The molecule has 1 fully saturated rings. The maximum absolute atomic E-state index is 14.2. The molecule has 5 heterocycles. The summed E-state index contributed by atoms with van der Waals surface area (Å²) in [6.45, 7) is 0.746. The lowest BCUT2D eigenvalue weighted by Crippen LogP contribution is -2.24. The molecule has 196 valence electrons. The number of nitrogens with zero attached hydrogens (tertiary/aromatic N) is 7. The van der Waals surface area contributed by atoms with E-state index in [0.29, 0.717) is 45.7 Å². The average Bonchev–Trinajstić information content (AvgIpc) is 3.52. The highest BCUT2D eigenvalue weighted by Gasteiger charge is 2.22. The lowest BCUT2D eigenvalue weighted by Gasteiger charge is -2.22. The molecule has 39 heavy (non-hydrogen) atoms. The van der Waals surface area contributed by atoms with E-state index in [9.17, 15) is 9.18 Å². The van der Waals surface area contributed by atoms with Crippen molar-refractivity contribution in [2.45, 2.75) is 32.0 Å². The molecule has 1 aliphatic rings. The molecular formula is C28H24FN7O3. The zero-order valence-electron chi connectivity index (χ0n) is 21.1.